The summed E-state index contributed by atoms with van der Waals surface area (Å²) in [6, 6.07) is 8.07. The normalized spacial score (nSPS) is 18.5. The molecule has 0 aromatic heterocycles. The van der Waals surface area contributed by atoms with Crippen LogP contribution in [0, 0.1) is 3.57 Å². The molecule has 1 aromatic rings. The molecule has 2 rings (SSSR count). The van der Waals surface area contributed by atoms with Crippen molar-refractivity contribution in [2.24, 2.45) is 0 Å². The third-order valence-electron chi connectivity index (χ3n) is 2.97. The van der Waals surface area contributed by atoms with Crippen LogP contribution in [0.25, 0.3) is 0 Å². The lowest BCUT2D eigenvalue weighted by Crippen LogP contribution is -2.45. The van der Waals surface area contributed by atoms with Gasteiger partial charge in [-0.25, -0.2) is 4.39 Å². The van der Waals surface area contributed by atoms with E-state index in [1.807, 2.05) is 18.2 Å². The molecule has 1 aromatic carbocycles. The highest BCUT2D eigenvalue weighted by Gasteiger charge is 2.21. The summed E-state index contributed by atoms with van der Waals surface area (Å²) in [7, 11) is 0. The number of benzene rings is 1. The molecule has 1 aliphatic heterocycles. The summed E-state index contributed by atoms with van der Waals surface area (Å²) in [6.07, 6.45) is 0. The lowest BCUT2D eigenvalue weighted by atomic mass is 10.1. The van der Waals surface area contributed by atoms with Gasteiger partial charge in [-0.15, -0.1) is 12.4 Å². The topological polar surface area (TPSA) is 15.3 Å². The van der Waals surface area contributed by atoms with Crippen molar-refractivity contribution in [3.8, 4) is 0 Å². The lowest BCUT2D eigenvalue weighted by molar-refractivity contribution is 0.147. The van der Waals surface area contributed by atoms with Crippen LogP contribution in [0.2, 0.25) is 0 Å². The predicted molar refractivity (Wildman–Crippen MR) is 79.6 cm³/mol. The van der Waals surface area contributed by atoms with Gasteiger partial charge < -0.3 is 5.32 Å². The van der Waals surface area contributed by atoms with Gasteiger partial charge in [-0.05, 0) is 40.3 Å². The number of rotatable bonds is 3. The van der Waals surface area contributed by atoms with Gasteiger partial charge in [0.15, 0.2) is 0 Å². The van der Waals surface area contributed by atoms with E-state index in [1.54, 1.807) is 0 Å². The molecule has 0 radical (unpaired) electrons. The van der Waals surface area contributed by atoms with E-state index in [4.69, 9.17) is 0 Å². The first-order valence-corrected chi connectivity index (χ1v) is 6.65. The number of alkyl halides is 1. The second-order valence-electron chi connectivity index (χ2n) is 4.01. The first kappa shape index (κ1) is 15.1. The van der Waals surface area contributed by atoms with Gasteiger partial charge in [-0.2, -0.15) is 0 Å². The molecule has 1 aliphatic rings. The van der Waals surface area contributed by atoms with E-state index in [9.17, 15) is 4.39 Å². The number of nitrogens with one attached hydrogen (secondary N) is 1. The molecule has 0 unspecified atom stereocenters. The van der Waals surface area contributed by atoms with Crippen molar-refractivity contribution in [3.05, 3.63) is 33.4 Å². The van der Waals surface area contributed by atoms with Crippen molar-refractivity contribution in [2.45, 2.75) is 6.04 Å². The van der Waals surface area contributed by atoms with Crippen molar-refractivity contribution in [1.82, 2.24) is 10.2 Å². The van der Waals surface area contributed by atoms with Gasteiger partial charge in [0.25, 0.3) is 0 Å². The molecule has 2 nitrogen and oxygen atoms in total. The summed E-state index contributed by atoms with van der Waals surface area (Å²) in [5.74, 6) is 0. The fourth-order valence-corrected chi connectivity index (χ4v) is 2.67. The van der Waals surface area contributed by atoms with Crippen LogP contribution in [0.5, 0.6) is 0 Å². The Labute approximate surface area is 122 Å². The molecular formula is C12H17ClFIN2. The van der Waals surface area contributed by atoms with Gasteiger partial charge in [0, 0.05) is 29.7 Å². The number of hydrogen-bond acceptors (Lipinski definition) is 2. The fraction of sp³-hybridized carbons (Fsp3) is 0.500. The van der Waals surface area contributed by atoms with E-state index in [-0.39, 0.29) is 25.1 Å². The third-order valence-corrected chi connectivity index (χ3v) is 3.64. The average Bonchev–Trinajstić information content (AvgIpc) is 2.31. The Kier molecular flexibility index (Phi) is 6.69. The largest absolute Gasteiger partial charge is 0.314 e. The maximum absolute atomic E-state index is 13.2. The van der Waals surface area contributed by atoms with Crippen molar-refractivity contribution in [2.75, 3.05) is 32.9 Å². The van der Waals surface area contributed by atoms with E-state index in [1.165, 1.54) is 3.57 Å². The Morgan fingerprint density at radius 2 is 2.06 bits per heavy atom. The zero-order valence-electron chi connectivity index (χ0n) is 9.53. The molecule has 5 heteroatoms. The highest BCUT2D eigenvalue weighted by Crippen LogP contribution is 2.23. The van der Waals surface area contributed by atoms with Crippen LogP contribution in [0.3, 0.4) is 0 Å². The minimum atomic E-state index is -0.305. The van der Waals surface area contributed by atoms with E-state index in [2.05, 4.69) is 38.9 Å². The van der Waals surface area contributed by atoms with E-state index in [0.29, 0.717) is 0 Å². The Hall–Kier alpha value is 0.0900. The van der Waals surface area contributed by atoms with Crippen molar-refractivity contribution < 1.29 is 4.39 Å². The fourth-order valence-electron chi connectivity index (χ4n) is 2.11. The zero-order valence-corrected chi connectivity index (χ0v) is 12.5. The van der Waals surface area contributed by atoms with Crippen LogP contribution in [0.1, 0.15) is 11.6 Å². The number of hydrogen-bond donors (Lipinski definition) is 1. The molecule has 1 atom stereocenters. The van der Waals surface area contributed by atoms with E-state index < -0.39 is 0 Å². The molecule has 1 heterocycles. The number of halogens is 3. The Bertz CT molecular complexity index is 345. The Morgan fingerprint density at radius 1 is 1.35 bits per heavy atom. The molecule has 1 saturated heterocycles. The highest BCUT2D eigenvalue weighted by molar-refractivity contribution is 14.1. The van der Waals surface area contributed by atoms with Gasteiger partial charge in [0.05, 0.1) is 6.04 Å². The molecule has 0 amide bonds. The van der Waals surface area contributed by atoms with Crippen LogP contribution in [0.4, 0.5) is 4.39 Å². The first-order valence-electron chi connectivity index (χ1n) is 5.57. The maximum atomic E-state index is 13.2. The lowest BCUT2D eigenvalue weighted by Gasteiger charge is -2.33. The SMILES string of the molecule is Cl.FC[C@H](c1cccc(I)c1)N1CCNCC1. The van der Waals surface area contributed by atoms with Gasteiger partial charge in [-0.3, -0.25) is 4.90 Å². The monoisotopic (exact) mass is 370 g/mol. The van der Waals surface area contributed by atoms with Crippen LogP contribution < -0.4 is 5.32 Å². The Balaban J connectivity index is 0.00000144. The second kappa shape index (κ2) is 7.51. The molecule has 0 saturated carbocycles. The van der Waals surface area contributed by atoms with Crippen LogP contribution >= 0.6 is 35.0 Å². The summed E-state index contributed by atoms with van der Waals surface area (Å²) in [5.41, 5.74) is 1.09. The minimum absolute atomic E-state index is 0. The molecule has 0 bridgehead atoms. The predicted octanol–water partition coefficient (Wildman–Crippen LogP) is 2.63. The van der Waals surface area contributed by atoms with Gasteiger partial charge >= 0.3 is 0 Å². The molecule has 1 fully saturated rings. The second-order valence-corrected chi connectivity index (χ2v) is 5.26. The van der Waals surface area contributed by atoms with E-state index in [0.717, 1.165) is 31.7 Å². The summed E-state index contributed by atoms with van der Waals surface area (Å²) < 4.78 is 14.4. The molecule has 17 heavy (non-hydrogen) atoms. The summed E-state index contributed by atoms with van der Waals surface area (Å²) in [5, 5.41) is 3.29. The molecule has 1 N–H and O–H groups in total. The first-order chi connectivity index (χ1) is 7.81. The summed E-state index contributed by atoms with van der Waals surface area (Å²) >= 11 is 2.27. The minimum Gasteiger partial charge on any atom is -0.314 e. The van der Waals surface area contributed by atoms with Crippen LogP contribution in [-0.4, -0.2) is 37.8 Å². The van der Waals surface area contributed by atoms with Crippen molar-refractivity contribution in [1.29, 1.82) is 0 Å². The van der Waals surface area contributed by atoms with E-state index >= 15 is 0 Å². The van der Waals surface area contributed by atoms with Crippen molar-refractivity contribution in [3.63, 3.8) is 0 Å². The number of piperazine rings is 1. The van der Waals surface area contributed by atoms with Gasteiger partial charge in [0.2, 0.25) is 0 Å². The zero-order chi connectivity index (χ0) is 11.4. The smallest absolute Gasteiger partial charge is 0.109 e. The highest BCUT2D eigenvalue weighted by atomic mass is 127. The summed E-state index contributed by atoms with van der Waals surface area (Å²) in [4.78, 5) is 2.22. The molecule has 0 aliphatic carbocycles. The van der Waals surface area contributed by atoms with Gasteiger partial charge in [-0.1, -0.05) is 12.1 Å². The molecule has 0 spiro atoms. The van der Waals surface area contributed by atoms with Gasteiger partial charge in [0.1, 0.15) is 6.67 Å². The van der Waals surface area contributed by atoms with Crippen molar-refractivity contribution >= 4 is 35.0 Å². The number of nitrogens with zero attached hydrogens (tertiary/aromatic N) is 1. The molecular weight excluding hydrogens is 354 g/mol. The quantitative estimate of drug-likeness (QED) is 0.823. The summed E-state index contributed by atoms with van der Waals surface area (Å²) in [6.45, 7) is 3.47. The van der Waals surface area contributed by atoms with Crippen LogP contribution in [0.15, 0.2) is 24.3 Å². The standard InChI is InChI=1S/C12H16FIN2.ClH/c13-9-12(16-6-4-15-5-7-16)10-2-1-3-11(14)8-10;/h1-3,8,12,15H,4-7,9H2;1H/t12-;/m1./s1. The Morgan fingerprint density at radius 3 is 2.65 bits per heavy atom. The van der Waals surface area contributed by atoms with Crippen LogP contribution in [-0.2, 0) is 0 Å². The average molecular weight is 371 g/mol. The third kappa shape index (κ3) is 4.05. The molecule has 96 valence electrons. The maximum Gasteiger partial charge on any atom is 0.109 e.